The Morgan fingerprint density at radius 2 is 2.32 bits per heavy atom. The predicted octanol–water partition coefficient (Wildman–Crippen LogP) is 2.26. The molecule has 1 saturated carbocycles. The van der Waals surface area contributed by atoms with Crippen molar-refractivity contribution in [2.75, 3.05) is 6.61 Å². The van der Waals surface area contributed by atoms with Crippen LogP contribution in [0.15, 0.2) is 6.20 Å². The first-order valence-electron chi connectivity index (χ1n) is 6.97. The fourth-order valence-corrected chi connectivity index (χ4v) is 3.96. The van der Waals surface area contributed by atoms with Crippen LogP contribution in [-0.4, -0.2) is 27.1 Å². The van der Waals surface area contributed by atoms with Crippen LogP contribution in [0, 0.1) is 19.8 Å². The summed E-state index contributed by atoms with van der Waals surface area (Å²) in [6.45, 7) is 5.33. The van der Waals surface area contributed by atoms with Gasteiger partial charge in [0, 0.05) is 30.3 Å². The van der Waals surface area contributed by atoms with Gasteiger partial charge in [-0.15, -0.1) is 11.3 Å². The molecule has 2 N–H and O–H groups in total. The molecule has 2 unspecified atom stereocenters. The van der Waals surface area contributed by atoms with E-state index in [-0.39, 0.29) is 0 Å². The molecule has 2 aromatic heterocycles. The number of aromatic nitrogens is 2. The fourth-order valence-electron chi connectivity index (χ4n) is 3.07. The molecule has 0 spiro atoms. The minimum Gasteiger partial charge on any atom is -0.396 e. The molecule has 3 rings (SSSR count). The summed E-state index contributed by atoms with van der Waals surface area (Å²) in [7, 11) is 0. The van der Waals surface area contributed by atoms with Gasteiger partial charge in [-0.3, -0.25) is 4.40 Å². The first kappa shape index (κ1) is 13.1. The highest BCUT2D eigenvalue weighted by Crippen LogP contribution is 2.26. The molecule has 19 heavy (non-hydrogen) atoms. The lowest BCUT2D eigenvalue weighted by Crippen LogP contribution is -2.34. The van der Waals surface area contributed by atoms with Gasteiger partial charge in [-0.05, 0) is 32.6 Å². The Morgan fingerprint density at radius 3 is 3.11 bits per heavy atom. The van der Waals surface area contributed by atoms with Crippen LogP contribution in [0.5, 0.6) is 0 Å². The van der Waals surface area contributed by atoms with Crippen LogP contribution in [0.25, 0.3) is 4.96 Å². The first-order chi connectivity index (χ1) is 9.19. The zero-order chi connectivity index (χ0) is 13.4. The normalized spacial score (nSPS) is 23.5. The van der Waals surface area contributed by atoms with Crippen LogP contribution in [-0.2, 0) is 6.54 Å². The second-order valence-electron chi connectivity index (χ2n) is 5.50. The number of fused-ring (bicyclic) bond motifs is 1. The van der Waals surface area contributed by atoms with E-state index >= 15 is 0 Å². The number of aryl methyl sites for hydroxylation is 2. The Bertz CT molecular complexity index is 575. The highest BCUT2D eigenvalue weighted by atomic mass is 32.1. The number of thiazole rings is 1. The Labute approximate surface area is 117 Å². The molecule has 0 aromatic carbocycles. The molecular weight excluding hydrogens is 258 g/mol. The van der Waals surface area contributed by atoms with E-state index in [2.05, 4.69) is 34.7 Å². The van der Waals surface area contributed by atoms with Crippen molar-refractivity contribution in [2.24, 2.45) is 5.92 Å². The Balaban J connectivity index is 1.76. The summed E-state index contributed by atoms with van der Waals surface area (Å²) in [5.74, 6) is 0.424. The summed E-state index contributed by atoms with van der Waals surface area (Å²) in [5, 5.41) is 13.0. The summed E-state index contributed by atoms with van der Waals surface area (Å²) in [5.41, 5.74) is 2.36. The van der Waals surface area contributed by atoms with Gasteiger partial charge < -0.3 is 10.4 Å². The maximum Gasteiger partial charge on any atom is 0.194 e. The molecule has 1 aliphatic carbocycles. The number of nitrogens with zero attached hydrogens (tertiary/aromatic N) is 2. The quantitative estimate of drug-likeness (QED) is 0.902. The Kier molecular flexibility index (Phi) is 3.60. The molecule has 2 heterocycles. The second kappa shape index (κ2) is 5.23. The standard InChI is InChI=1S/C14H21N3OS/c1-9-7-17-13(10(2)16-14(17)19-9)6-15-12-5-3-4-11(12)8-18/h7,11-12,15,18H,3-6,8H2,1-2H3. The molecular formula is C14H21N3OS. The van der Waals surface area contributed by atoms with Crippen molar-refractivity contribution in [3.8, 4) is 0 Å². The minimum absolute atomic E-state index is 0.302. The smallest absolute Gasteiger partial charge is 0.194 e. The minimum atomic E-state index is 0.302. The summed E-state index contributed by atoms with van der Waals surface area (Å²) in [6, 6.07) is 0.453. The molecule has 0 aliphatic heterocycles. The number of hydrogen-bond acceptors (Lipinski definition) is 4. The predicted molar refractivity (Wildman–Crippen MR) is 77.6 cm³/mol. The van der Waals surface area contributed by atoms with Crippen LogP contribution < -0.4 is 5.32 Å². The number of rotatable bonds is 4. The van der Waals surface area contributed by atoms with E-state index in [0.29, 0.717) is 18.6 Å². The summed E-state index contributed by atoms with van der Waals surface area (Å²) in [4.78, 5) is 6.98. The van der Waals surface area contributed by atoms with Crippen molar-refractivity contribution < 1.29 is 5.11 Å². The van der Waals surface area contributed by atoms with Crippen molar-refractivity contribution in [3.05, 3.63) is 22.5 Å². The van der Waals surface area contributed by atoms with Crippen molar-refractivity contribution >= 4 is 16.3 Å². The van der Waals surface area contributed by atoms with Crippen LogP contribution in [0.2, 0.25) is 0 Å². The fraction of sp³-hybridized carbons (Fsp3) is 0.643. The van der Waals surface area contributed by atoms with Gasteiger partial charge in [-0.2, -0.15) is 0 Å². The van der Waals surface area contributed by atoms with E-state index in [1.807, 2.05) is 0 Å². The van der Waals surface area contributed by atoms with Crippen molar-refractivity contribution in [1.82, 2.24) is 14.7 Å². The molecule has 5 heteroatoms. The van der Waals surface area contributed by atoms with Crippen molar-refractivity contribution in [2.45, 2.75) is 45.7 Å². The maximum atomic E-state index is 9.37. The van der Waals surface area contributed by atoms with Gasteiger partial charge in [-0.25, -0.2) is 4.98 Å². The van der Waals surface area contributed by atoms with E-state index in [1.54, 1.807) is 11.3 Å². The van der Waals surface area contributed by atoms with Gasteiger partial charge in [0.05, 0.1) is 11.4 Å². The highest BCUT2D eigenvalue weighted by Gasteiger charge is 2.26. The molecule has 0 amide bonds. The third-order valence-corrected chi connectivity index (χ3v) is 5.06. The number of aliphatic hydroxyl groups is 1. The van der Waals surface area contributed by atoms with Crippen LogP contribution >= 0.6 is 11.3 Å². The third kappa shape index (κ3) is 2.42. The lowest BCUT2D eigenvalue weighted by Gasteiger charge is -2.19. The van der Waals surface area contributed by atoms with Gasteiger partial charge in [0.1, 0.15) is 0 Å². The third-order valence-electron chi connectivity index (χ3n) is 4.17. The van der Waals surface area contributed by atoms with E-state index < -0.39 is 0 Å². The van der Waals surface area contributed by atoms with Crippen molar-refractivity contribution in [1.29, 1.82) is 0 Å². The lowest BCUT2D eigenvalue weighted by molar-refractivity contribution is 0.205. The number of hydrogen-bond donors (Lipinski definition) is 2. The maximum absolute atomic E-state index is 9.37. The van der Waals surface area contributed by atoms with E-state index in [9.17, 15) is 5.11 Å². The molecule has 4 nitrogen and oxygen atoms in total. The largest absolute Gasteiger partial charge is 0.396 e. The van der Waals surface area contributed by atoms with Gasteiger partial charge in [0.2, 0.25) is 0 Å². The molecule has 2 atom stereocenters. The number of aliphatic hydroxyl groups excluding tert-OH is 1. The van der Waals surface area contributed by atoms with Crippen LogP contribution in [0.4, 0.5) is 0 Å². The molecule has 104 valence electrons. The second-order valence-corrected chi connectivity index (χ2v) is 6.71. The summed E-state index contributed by atoms with van der Waals surface area (Å²) >= 11 is 1.73. The van der Waals surface area contributed by atoms with Gasteiger partial charge in [0.25, 0.3) is 0 Å². The van der Waals surface area contributed by atoms with E-state index in [4.69, 9.17) is 0 Å². The average Bonchev–Trinajstić information content (AvgIpc) is 3.02. The van der Waals surface area contributed by atoms with E-state index in [0.717, 1.165) is 23.6 Å². The number of nitrogens with one attached hydrogen (secondary N) is 1. The Hall–Kier alpha value is -0.910. The van der Waals surface area contributed by atoms with Crippen LogP contribution in [0.3, 0.4) is 0 Å². The Morgan fingerprint density at radius 1 is 1.47 bits per heavy atom. The van der Waals surface area contributed by atoms with Crippen molar-refractivity contribution in [3.63, 3.8) is 0 Å². The monoisotopic (exact) mass is 279 g/mol. The molecule has 2 aromatic rings. The molecule has 0 radical (unpaired) electrons. The average molecular weight is 279 g/mol. The SMILES string of the molecule is Cc1cn2c(CNC3CCCC3CO)c(C)nc2s1. The first-order valence-corrected chi connectivity index (χ1v) is 7.79. The molecule has 1 aliphatic rings. The van der Waals surface area contributed by atoms with Gasteiger partial charge >= 0.3 is 0 Å². The van der Waals surface area contributed by atoms with E-state index in [1.165, 1.54) is 23.4 Å². The zero-order valence-electron chi connectivity index (χ0n) is 11.5. The molecule has 0 saturated heterocycles. The highest BCUT2D eigenvalue weighted by molar-refractivity contribution is 7.17. The lowest BCUT2D eigenvalue weighted by atomic mass is 10.1. The van der Waals surface area contributed by atoms with Gasteiger partial charge in [0.15, 0.2) is 4.96 Å². The summed E-state index contributed by atoms with van der Waals surface area (Å²) < 4.78 is 2.20. The zero-order valence-corrected chi connectivity index (χ0v) is 12.3. The summed E-state index contributed by atoms with van der Waals surface area (Å²) in [6.07, 6.45) is 5.71. The van der Waals surface area contributed by atoms with Crippen LogP contribution in [0.1, 0.15) is 35.5 Å². The van der Waals surface area contributed by atoms with Gasteiger partial charge in [-0.1, -0.05) is 6.42 Å². The topological polar surface area (TPSA) is 49.6 Å². The number of imidazole rings is 1. The molecule has 1 fully saturated rings. The molecule has 0 bridgehead atoms.